The van der Waals surface area contributed by atoms with Crippen LogP contribution in [-0.4, -0.2) is 146 Å². The van der Waals surface area contributed by atoms with E-state index in [1.165, 1.54) is 22.3 Å². The van der Waals surface area contributed by atoms with Gasteiger partial charge in [-0.15, -0.1) is 0 Å². The number of esters is 1. The predicted molar refractivity (Wildman–Crippen MR) is 293 cm³/mol. The summed E-state index contributed by atoms with van der Waals surface area (Å²) in [6.45, 7) is 19.4. The first-order valence-electron chi connectivity index (χ1n) is 27.4. The van der Waals surface area contributed by atoms with Gasteiger partial charge >= 0.3 is 5.97 Å². The lowest BCUT2D eigenvalue weighted by atomic mass is 9.89. The molecule has 15 nitrogen and oxygen atoms in total. The summed E-state index contributed by atoms with van der Waals surface area (Å²) in [6.07, 6.45) is -0.0869. The molecule has 13 atom stereocenters. The van der Waals surface area contributed by atoms with E-state index in [9.17, 15) is 24.0 Å². The number of carbonyl (C=O) groups excluding carboxylic acids is 5. The fourth-order valence-corrected chi connectivity index (χ4v) is 12.2. The first-order chi connectivity index (χ1) is 36.0. The van der Waals surface area contributed by atoms with Crippen molar-refractivity contribution in [3.8, 4) is 11.1 Å². The van der Waals surface area contributed by atoms with Crippen LogP contribution in [0.2, 0.25) is 5.02 Å². The normalized spacial score (nSPS) is 22.9. The monoisotopic (exact) mass is 1070 g/mol. The fourth-order valence-electron chi connectivity index (χ4n) is 12.0. The van der Waals surface area contributed by atoms with Crippen LogP contribution in [0.25, 0.3) is 11.1 Å². The molecule has 0 radical (unpaired) electrons. The number of likely N-dealkylation sites (tertiary alicyclic amines) is 1. The molecule has 4 amide bonds. The van der Waals surface area contributed by atoms with Crippen molar-refractivity contribution < 1.29 is 47.7 Å². The fraction of sp³-hybridized carbons (Fsp3) is 0.617. The van der Waals surface area contributed by atoms with Gasteiger partial charge in [-0.05, 0) is 98.2 Å². The van der Waals surface area contributed by atoms with Crippen LogP contribution in [0.1, 0.15) is 118 Å². The Hall–Kier alpha value is -4.90. The molecule has 416 valence electrons. The van der Waals surface area contributed by atoms with Gasteiger partial charge in [0, 0.05) is 44.7 Å². The predicted octanol–water partition coefficient (Wildman–Crippen LogP) is 8.24. The van der Waals surface area contributed by atoms with Crippen molar-refractivity contribution in [2.45, 2.75) is 174 Å². The molecule has 1 saturated carbocycles. The Morgan fingerprint density at radius 1 is 0.816 bits per heavy atom. The number of nitrogens with zero attached hydrogens (tertiary/aromatic N) is 3. The molecule has 3 fully saturated rings. The van der Waals surface area contributed by atoms with E-state index < -0.39 is 78.3 Å². The number of methoxy groups -OCH3 is 2. The van der Waals surface area contributed by atoms with E-state index in [-0.39, 0.29) is 66.2 Å². The summed E-state index contributed by atoms with van der Waals surface area (Å²) in [4.78, 5) is 77.4. The Bertz CT molecular complexity index is 2490. The van der Waals surface area contributed by atoms with Crippen molar-refractivity contribution in [1.82, 2.24) is 25.3 Å². The Balaban J connectivity index is 1.00. The molecule has 76 heavy (non-hydrogen) atoms. The number of benzene rings is 3. The highest BCUT2D eigenvalue weighted by Gasteiger charge is 2.57. The molecule has 2 unspecified atom stereocenters. The lowest BCUT2D eigenvalue weighted by Crippen LogP contribution is -2.60. The summed E-state index contributed by atoms with van der Waals surface area (Å²) < 4.78 is 30.5. The van der Waals surface area contributed by atoms with Gasteiger partial charge in [0.2, 0.25) is 23.6 Å². The molecule has 0 bridgehead atoms. The zero-order valence-electron chi connectivity index (χ0n) is 47.2. The summed E-state index contributed by atoms with van der Waals surface area (Å²) in [5.74, 6) is -2.68. The lowest BCUT2D eigenvalue weighted by molar-refractivity contribution is -0.159. The van der Waals surface area contributed by atoms with E-state index in [0.29, 0.717) is 30.0 Å². The minimum absolute atomic E-state index is 0.0168. The van der Waals surface area contributed by atoms with Gasteiger partial charge in [-0.2, -0.15) is 0 Å². The standard InChI is InChI=1S/C60H84ClN5O10/c1-15-35(6)52(48(72-13)31-49(67)66-46-29-38(46)30-47(66)53(73-14)36(7)54(68)62-45(58(71)76-60(8,9)10)28-37-22-16-21-27-44(37)61)64(11)56(70)50(33(2)3)63-55(69)51(34(4)5)65(12)57-59(75-57)74-32-43-41-25-19-17-23-39(41)40-24-18-20-26-42(40)43/h16-27,33-36,38,43,45-48,50-53,57,59H,15,28-32H2,1-14H3,(H,62,68)(H,63,69)/t35-,36+,38-,45-,46-,47-,48+,50-,51-,52-,53+,57?,59?/m0/s1. The van der Waals surface area contributed by atoms with Crippen molar-refractivity contribution in [1.29, 1.82) is 0 Å². The maximum atomic E-state index is 14.9. The Labute approximate surface area is 456 Å². The second kappa shape index (κ2) is 24.8. The van der Waals surface area contributed by atoms with E-state index in [4.69, 9.17) is 35.3 Å². The number of halogens is 1. The number of hydrogen-bond donors (Lipinski definition) is 2. The van der Waals surface area contributed by atoms with Gasteiger partial charge in [-0.1, -0.05) is 133 Å². The number of carbonyl (C=O) groups is 5. The zero-order chi connectivity index (χ0) is 55.5. The Morgan fingerprint density at radius 3 is 2.00 bits per heavy atom. The number of nitrogens with one attached hydrogen (secondary N) is 2. The molecular formula is C60H84ClN5O10. The largest absolute Gasteiger partial charge is 0.458 e. The molecule has 2 heterocycles. The summed E-state index contributed by atoms with van der Waals surface area (Å²) in [6, 6.07) is 20.5. The van der Waals surface area contributed by atoms with E-state index in [1.54, 1.807) is 66.0 Å². The number of ether oxygens (including phenoxy) is 5. The summed E-state index contributed by atoms with van der Waals surface area (Å²) >= 11 is 6.50. The van der Waals surface area contributed by atoms with Crippen LogP contribution >= 0.6 is 11.6 Å². The van der Waals surface area contributed by atoms with Gasteiger partial charge in [0.1, 0.15) is 17.7 Å². The summed E-state index contributed by atoms with van der Waals surface area (Å²) in [7, 11) is 6.70. The number of amides is 4. The van der Waals surface area contributed by atoms with Crippen molar-refractivity contribution in [2.24, 2.45) is 29.6 Å². The maximum Gasteiger partial charge on any atom is 0.329 e. The zero-order valence-corrected chi connectivity index (χ0v) is 48.0. The SMILES string of the molecule is CC[C@H](C)[C@@H]([C@@H](CC(=O)N1[C@H]2C[C@H]2C[C@H]1[C@H](OC)[C@@H](C)C(=O)N[C@@H](Cc1ccccc1Cl)C(=O)OC(C)(C)C)OC)N(C)C(=O)[C@@H](NC(=O)[C@H](C(C)C)N(C)C1OC1OCC1c2ccccc2-c2ccccc21)C(C)C. The van der Waals surface area contributed by atoms with Gasteiger partial charge in [-0.3, -0.25) is 24.1 Å². The molecule has 2 saturated heterocycles. The minimum Gasteiger partial charge on any atom is -0.458 e. The van der Waals surface area contributed by atoms with Crippen molar-refractivity contribution in [3.63, 3.8) is 0 Å². The topological polar surface area (TPSA) is 169 Å². The smallest absolute Gasteiger partial charge is 0.329 e. The highest BCUT2D eigenvalue weighted by Crippen LogP contribution is 2.50. The number of fused-ring (bicyclic) bond motifs is 4. The van der Waals surface area contributed by atoms with E-state index >= 15 is 0 Å². The lowest BCUT2D eigenvalue weighted by Gasteiger charge is -2.41. The molecule has 4 aliphatic rings. The molecule has 7 rings (SSSR count). The van der Waals surface area contributed by atoms with Crippen LogP contribution in [0.5, 0.6) is 0 Å². The number of likely N-dealkylation sites (N-methyl/N-ethyl adjacent to an activating group) is 2. The maximum absolute atomic E-state index is 14.9. The highest BCUT2D eigenvalue weighted by atomic mass is 35.5. The molecule has 0 spiro atoms. The van der Waals surface area contributed by atoms with E-state index in [0.717, 1.165) is 6.42 Å². The third-order valence-corrected chi connectivity index (χ3v) is 16.6. The van der Waals surface area contributed by atoms with Crippen LogP contribution in [0.4, 0.5) is 0 Å². The second-order valence-electron chi connectivity index (χ2n) is 23.4. The summed E-state index contributed by atoms with van der Waals surface area (Å²) in [5.41, 5.74) is 4.77. The molecule has 3 aromatic rings. The average Bonchev–Trinajstić information content (AvgIpc) is 4.34. The Morgan fingerprint density at radius 2 is 1.43 bits per heavy atom. The van der Waals surface area contributed by atoms with E-state index in [1.807, 2.05) is 70.5 Å². The number of hydrogen-bond acceptors (Lipinski definition) is 11. The van der Waals surface area contributed by atoms with E-state index in [2.05, 4.69) is 59.2 Å². The van der Waals surface area contributed by atoms with Crippen LogP contribution in [0.3, 0.4) is 0 Å². The highest BCUT2D eigenvalue weighted by molar-refractivity contribution is 6.31. The molecule has 3 aromatic carbocycles. The molecule has 0 aromatic heterocycles. The van der Waals surface area contributed by atoms with Crippen molar-refractivity contribution >= 4 is 41.2 Å². The van der Waals surface area contributed by atoms with Gasteiger partial charge < -0.3 is 44.1 Å². The van der Waals surface area contributed by atoms with Crippen LogP contribution in [-0.2, 0) is 54.1 Å². The quantitative estimate of drug-likeness (QED) is 0.0620. The Kier molecular flexibility index (Phi) is 19.2. The first-order valence-corrected chi connectivity index (χ1v) is 27.8. The van der Waals surface area contributed by atoms with Crippen LogP contribution < -0.4 is 10.6 Å². The average molecular weight is 1070 g/mol. The van der Waals surface area contributed by atoms with Gasteiger partial charge in [0.25, 0.3) is 0 Å². The third kappa shape index (κ3) is 13.2. The molecule has 2 N–H and O–H groups in total. The van der Waals surface area contributed by atoms with Crippen molar-refractivity contribution in [2.75, 3.05) is 34.9 Å². The molecule has 16 heteroatoms. The van der Waals surface area contributed by atoms with Gasteiger partial charge in [0.15, 0.2) is 12.5 Å². The van der Waals surface area contributed by atoms with Crippen LogP contribution in [0, 0.1) is 29.6 Å². The molecule has 2 aliphatic heterocycles. The number of rotatable bonds is 25. The third-order valence-electron chi connectivity index (χ3n) is 16.3. The van der Waals surface area contributed by atoms with Gasteiger partial charge in [0.05, 0.1) is 49.3 Å². The first kappa shape index (κ1) is 58.8. The second-order valence-corrected chi connectivity index (χ2v) is 23.8. The van der Waals surface area contributed by atoms with Crippen molar-refractivity contribution in [3.05, 3.63) is 94.5 Å². The number of epoxide rings is 1. The molecular weight excluding hydrogens is 986 g/mol. The van der Waals surface area contributed by atoms with Gasteiger partial charge in [-0.25, -0.2) is 4.79 Å². The minimum atomic E-state index is -1.03. The number of piperidine rings is 1. The van der Waals surface area contributed by atoms with Crippen LogP contribution in [0.15, 0.2) is 72.8 Å². The molecule has 2 aliphatic carbocycles. The summed E-state index contributed by atoms with van der Waals surface area (Å²) in [5, 5.41) is 6.55.